The third kappa shape index (κ3) is 53.3. The molecule has 0 saturated heterocycles. The molecule has 0 radical (unpaired) electrons. The molecule has 0 aliphatic rings. The van der Waals surface area contributed by atoms with Gasteiger partial charge in [0.05, 0.1) is 6.61 Å². The number of ether oxygens (including phenoxy) is 2. The summed E-state index contributed by atoms with van der Waals surface area (Å²) < 4.78 is 10.7. The SMILES string of the molecule is CC/C=C\C/C=C\C/C=C\C/C=C\C/C=C\C/C=C\C/C=C\C/C=C\CCCCC(=O)OC(CO)COC(=O)CCCCCCCCCCCCCCCCCCCCCCCCCC. The molecule has 372 valence electrons. The molecule has 0 aromatic carbocycles. The summed E-state index contributed by atoms with van der Waals surface area (Å²) in [4.78, 5) is 24.5. The molecule has 0 aliphatic carbocycles. The van der Waals surface area contributed by atoms with Gasteiger partial charge in [0.1, 0.15) is 6.61 Å². The Morgan fingerprint density at radius 3 is 1.00 bits per heavy atom. The Kier molecular flexibility index (Phi) is 52.5. The van der Waals surface area contributed by atoms with E-state index in [2.05, 4.69) is 111 Å². The first-order valence-corrected chi connectivity index (χ1v) is 27.3. The maximum absolute atomic E-state index is 12.3. The van der Waals surface area contributed by atoms with Crippen LogP contribution in [0.15, 0.2) is 97.2 Å². The molecule has 0 amide bonds. The predicted octanol–water partition coefficient (Wildman–Crippen LogP) is 18.4. The Labute approximate surface area is 402 Å². The second kappa shape index (κ2) is 55.1. The first kappa shape index (κ1) is 61.8. The second-order valence-electron chi connectivity index (χ2n) is 17.9. The largest absolute Gasteiger partial charge is 0.462 e. The predicted molar refractivity (Wildman–Crippen MR) is 283 cm³/mol. The van der Waals surface area contributed by atoms with Crippen molar-refractivity contribution in [3.8, 4) is 0 Å². The minimum Gasteiger partial charge on any atom is -0.462 e. The molecule has 0 aliphatic heterocycles. The smallest absolute Gasteiger partial charge is 0.306 e. The molecule has 0 spiro atoms. The van der Waals surface area contributed by atoms with E-state index in [-0.39, 0.29) is 25.2 Å². The fourth-order valence-electron chi connectivity index (χ4n) is 7.57. The van der Waals surface area contributed by atoms with Gasteiger partial charge in [0, 0.05) is 12.8 Å². The minimum absolute atomic E-state index is 0.0865. The van der Waals surface area contributed by atoms with Gasteiger partial charge in [0.15, 0.2) is 6.10 Å². The molecule has 0 saturated carbocycles. The lowest BCUT2D eigenvalue weighted by Crippen LogP contribution is -2.28. The van der Waals surface area contributed by atoms with Crippen LogP contribution in [-0.4, -0.2) is 36.4 Å². The Bertz CT molecular complexity index is 1250. The molecule has 65 heavy (non-hydrogen) atoms. The summed E-state index contributed by atoms with van der Waals surface area (Å²) in [7, 11) is 0. The average Bonchev–Trinajstić information content (AvgIpc) is 3.31. The molecule has 1 unspecified atom stereocenters. The lowest BCUT2D eigenvalue weighted by molar-refractivity contribution is -0.161. The van der Waals surface area contributed by atoms with Crippen LogP contribution in [0.2, 0.25) is 0 Å². The molecule has 0 aromatic heterocycles. The van der Waals surface area contributed by atoms with E-state index in [0.29, 0.717) is 12.8 Å². The number of unbranched alkanes of at least 4 members (excludes halogenated alkanes) is 25. The fourth-order valence-corrected chi connectivity index (χ4v) is 7.57. The summed E-state index contributed by atoms with van der Waals surface area (Å²) in [6, 6.07) is 0. The monoisotopic (exact) mass is 903 g/mol. The molecule has 0 rings (SSSR count). The van der Waals surface area contributed by atoms with Crippen molar-refractivity contribution in [2.75, 3.05) is 13.2 Å². The number of carbonyl (C=O) groups excluding carboxylic acids is 2. The average molecular weight is 903 g/mol. The quantitative estimate of drug-likeness (QED) is 0.0374. The van der Waals surface area contributed by atoms with E-state index in [9.17, 15) is 14.7 Å². The molecule has 1 atom stereocenters. The molecule has 0 heterocycles. The molecule has 5 nitrogen and oxygen atoms in total. The van der Waals surface area contributed by atoms with Crippen LogP contribution >= 0.6 is 0 Å². The van der Waals surface area contributed by atoms with Crippen LogP contribution in [0.4, 0.5) is 0 Å². The van der Waals surface area contributed by atoms with E-state index in [1.54, 1.807) is 0 Å². The molecular weight excluding hydrogens is 801 g/mol. The van der Waals surface area contributed by atoms with Gasteiger partial charge in [0.25, 0.3) is 0 Å². The highest BCUT2D eigenvalue weighted by Crippen LogP contribution is 2.16. The van der Waals surface area contributed by atoms with Gasteiger partial charge in [-0.25, -0.2) is 0 Å². The number of hydrogen-bond donors (Lipinski definition) is 1. The van der Waals surface area contributed by atoms with Gasteiger partial charge in [-0.2, -0.15) is 0 Å². The Hall–Kier alpha value is -3.18. The Morgan fingerprint density at radius 1 is 0.369 bits per heavy atom. The highest BCUT2D eigenvalue weighted by atomic mass is 16.6. The van der Waals surface area contributed by atoms with Gasteiger partial charge in [0.2, 0.25) is 0 Å². The van der Waals surface area contributed by atoms with E-state index in [0.717, 1.165) is 89.9 Å². The van der Waals surface area contributed by atoms with Gasteiger partial charge in [-0.15, -0.1) is 0 Å². The van der Waals surface area contributed by atoms with Gasteiger partial charge in [-0.05, 0) is 77.0 Å². The van der Waals surface area contributed by atoms with Crippen molar-refractivity contribution in [3.63, 3.8) is 0 Å². The maximum atomic E-state index is 12.3. The topological polar surface area (TPSA) is 72.8 Å². The Balaban J connectivity index is 3.60. The summed E-state index contributed by atoms with van der Waals surface area (Å²) in [6.45, 7) is 4.01. The van der Waals surface area contributed by atoms with Crippen LogP contribution in [0.25, 0.3) is 0 Å². The zero-order chi connectivity index (χ0) is 47.0. The highest BCUT2D eigenvalue weighted by Gasteiger charge is 2.16. The maximum Gasteiger partial charge on any atom is 0.306 e. The van der Waals surface area contributed by atoms with E-state index < -0.39 is 6.10 Å². The van der Waals surface area contributed by atoms with Crippen molar-refractivity contribution >= 4 is 11.9 Å². The standard InChI is InChI=1S/C60H102O5/c1-3-5-7-9-11-13-15-17-19-21-23-25-27-29-30-31-33-35-37-39-41-43-45-47-49-51-53-55-60(63)65-58(56-61)57-64-59(62)54-52-50-48-46-44-42-40-38-36-34-32-28-26-24-22-20-18-16-14-12-10-8-6-4-2/h5,7,11,13,17,19,23,25,29-30,33,35,39,41,45,47,58,61H,3-4,6,8-10,12,14-16,18,20-22,24,26-28,31-32,34,36-38,40,42-44,46,48-57H2,1-2H3/b7-5-,13-11-,19-17-,25-23-,30-29-,35-33-,41-39-,47-45-. The number of aliphatic hydroxyl groups is 1. The molecule has 5 heteroatoms. The first-order chi connectivity index (χ1) is 32.1. The normalized spacial score (nSPS) is 13.0. The van der Waals surface area contributed by atoms with Crippen LogP contribution in [0, 0.1) is 0 Å². The van der Waals surface area contributed by atoms with Crippen LogP contribution in [0.3, 0.4) is 0 Å². The van der Waals surface area contributed by atoms with Crippen molar-refractivity contribution in [1.29, 1.82) is 0 Å². The van der Waals surface area contributed by atoms with Gasteiger partial charge in [-0.3, -0.25) is 9.59 Å². The van der Waals surface area contributed by atoms with Crippen molar-refractivity contribution in [1.82, 2.24) is 0 Å². The highest BCUT2D eigenvalue weighted by molar-refractivity contribution is 5.70. The zero-order valence-electron chi connectivity index (χ0n) is 42.5. The zero-order valence-corrected chi connectivity index (χ0v) is 42.5. The number of aliphatic hydroxyl groups excluding tert-OH is 1. The third-order valence-electron chi connectivity index (χ3n) is 11.6. The number of esters is 2. The molecule has 1 N–H and O–H groups in total. The Morgan fingerprint density at radius 2 is 0.662 bits per heavy atom. The summed E-state index contributed by atoms with van der Waals surface area (Å²) in [5.74, 6) is -0.639. The van der Waals surface area contributed by atoms with E-state index in [4.69, 9.17) is 9.47 Å². The van der Waals surface area contributed by atoms with Crippen molar-refractivity contribution < 1.29 is 24.2 Å². The van der Waals surface area contributed by atoms with Gasteiger partial charge in [-0.1, -0.05) is 259 Å². The van der Waals surface area contributed by atoms with Gasteiger partial charge >= 0.3 is 11.9 Å². The van der Waals surface area contributed by atoms with Crippen LogP contribution in [0.5, 0.6) is 0 Å². The van der Waals surface area contributed by atoms with Crippen molar-refractivity contribution in [2.24, 2.45) is 0 Å². The van der Waals surface area contributed by atoms with Crippen molar-refractivity contribution in [3.05, 3.63) is 97.2 Å². The van der Waals surface area contributed by atoms with E-state index in [1.807, 2.05) is 0 Å². The third-order valence-corrected chi connectivity index (χ3v) is 11.6. The molecule has 0 aromatic rings. The van der Waals surface area contributed by atoms with E-state index in [1.165, 1.54) is 135 Å². The van der Waals surface area contributed by atoms with Crippen LogP contribution < -0.4 is 0 Å². The van der Waals surface area contributed by atoms with Gasteiger partial charge < -0.3 is 14.6 Å². The lowest BCUT2D eigenvalue weighted by atomic mass is 10.0. The van der Waals surface area contributed by atoms with E-state index >= 15 is 0 Å². The minimum atomic E-state index is -0.801. The molecular formula is C60H102O5. The summed E-state index contributed by atoms with van der Waals surface area (Å²) >= 11 is 0. The molecule has 0 bridgehead atoms. The number of rotatable bonds is 49. The lowest BCUT2D eigenvalue weighted by Gasteiger charge is -2.15. The number of hydrogen-bond acceptors (Lipinski definition) is 5. The number of carbonyl (C=O) groups is 2. The first-order valence-electron chi connectivity index (χ1n) is 27.3. The fraction of sp³-hybridized carbons (Fsp3) is 0.700. The summed E-state index contributed by atoms with van der Waals surface area (Å²) in [5, 5.41) is 9.64. The second-order valence-corrected chi connectivity index (χ2v) is 17.9. The number of allylic oxidation sites excluding steroid dienone is 16. The summed E-state index contributed by atoms with van der Waals surface area (Å²) in [5.41, 5.74) is 0. The summed E-state index contributed by atoms with van der Waals surface area (Å²) in [6.07, 6.45) is 78.0. The van der Waals surface area contributed by atoms with Crippen LogP contribution in [0.1, 0.15) is 251 Å². The van der Waals surface area contributed by atoms with Crippen molar-refractivity contribution in [2.45, 2.75) is 258 Å². The molecule has 0 fully saturated rings. The van der Waals surface area contributed by atoms with Crippen LogP contribution in [-0.2, 0) is 19.1 Å².